The smallest absolute Gasteiger partial charge is 0.427 e. The van der Waals surface area contributed by atoms with E-state index in [0.29, 0.717) is 19.3 Å². The van der Waals surface area contributed by atoms with Crippen molar-refractivity contribution in [1.82, 2.24) is 0 Å². The van der Waals surface area contributed by atoms with Gasteiger partial charge in [-0.1, -0.05) is 19.3 Å². The van der Waals surface area contributed by atoms with Crippen LogP contribution in [-0.2, 0) is 9.53 Å². The van der Waals surface area contributed by atoms with Gasteiger partial charge in [0.05, 0.1) is 12.5 Å². The number of hydrogen-bond acceptors (Lipinski definition) is 2. The quantitative estimate of drug-likeness (QED) is 0.806. The zero-order valence-electron chi connectivity index (χ0n) is 10.4. The van der Waals surface area contributed by atoms with Crippen molar-refractivity contribution in [2.45, 2.75) is 62.6 Å². The largest absolute Gasteiger partial charge is 0.481 e. The van der Waals surface area contributed by atoms with Gasteiger partial charge in [0.25, 0.3) is 5.60 Å². The lowest BCUT2D eigenvalue weighted by Crippen LogP contribution is -2.61. The molecule has 20 heavy (non-hydrogen) atoms. The molecule has 1 fully saturated rings. The van der Waals surface area contributed by atoms with Crippen LogP contribution in [0.3, 0.4) is 0 Å². The van der Waals surface area contributed by atoms with Crippen LogP contribution >= 0.6 is 0 Å². The van der Waals surface area contributed by atoms with E-state index in [0.717, 1.165) is 0 Å². The Hall–Kier alpha value is -0.990. The van der Waals surface area contributed by atoms with Crippen LogP contribution in [0.4, 0.5) is 26.3 Å². The van der Waals surface area contributed by atoms with E-state index in [1.54, 1.807) is 0 Å². The van der Waals surface area contributed by atoms with E-state index in [1.807, 2.05) is 0 Å². The number of rotatable bonds is 4. The molecule has 1 rings (SSSR count). The number of carboxylic acid groups (broad SMARTS) is 1. The SMILES string of the molecule is O=C(O)CC(OC1CCCCC1)(C(F)(F)F)C(F)(F)F. The van der Waals surface area contributed by atoms with Crippen molar-refractivity contribution in [1.29, 1.82) is 0 Å². The number of alkyl halides is 6. The second kappa shape index (κ2) is 5.79. The zero-order valence-corrected chi connectivity index (χ0v) is 10.4. The van der Waals surface area contributed by atoms with Crippen LogP contribution in [-0.4, -0.2) is 35.1 Å². The van der Waals surface area contributed by atoms with Crippen molar-refractivity contribution in [2.24, 2.45) is 0 Å². The number of aliphatic carboxylic acids is 1. The highest BCUT2D eigenvalue weighted by molar-refractivity contribution is 5.68. The highest BCUT2D eigenvalue weighted by atomic mass is 19.4. The van der Waals surface area contributed by atoms with Crippen LogP contribution in [0.15, 0.2) is 0 Å². The number of carboxylic acids is 1. The van der Waals surface area contributed by atoms with Crippen LogP contribution in [0.5, 0.6) is 0 Å². The highest BCUT2D eigenvalue weighted by Crippen LogP contribution is 2.49. The van der Waals surface area contributed by atoms with Gasteiger partial charge in [-0.25, -0.2) is 0 Å². The summed E-state index contributed by atoms with van der Waals surface area (Å²) in [6, 6.07) is 0. The molecule has 0 aliphatic heterocycles. The molecule has 0 atom stereocenters. The minimum absolute atomic E-state index is 0.0630. The molecule has 0 aromatic heterocycles. The highest BCUT2D eigenvalue weighted by Gasteiger charge is 2.73. The summed E-state index contributed by atoms with van der Waals surface area (Å²) in [6.45, 7) is 0. The first-order chi connectivity index (χ1) is 8.99. The molecule has 3 nitrogen and oxygen atoms in total. The van der Waals surface area contributed by atoms with E-state index in [-0.39, 0.29) is 12.8 Å². The molecule has 0 spiro atoms. The molecule has 0 aromatic carbocycles. The van der Waals surface area contributed by atoms with E-state index in [4.69, 9.17) is 5.11 Å². The molecule has 0 amide bonds. The van der Waals surface area contributed by atoms with Crippen molar-refractivity contribution in [3.63, 3.8) is 0 Å². The van der Waals surface area contributed by atoms with E-state index < -0.39 is 36.4 Å². The van der Waals surface area contributed by atoms with Crippen LogP contribution in [0.2, 0.25) is 0 Å². The van der Waals surface area contributed by atoms with Gasteiger partial charge in [-0.3, -0.25) is 4.79 Å². The van der Waals surface area contributed by atoms with Crippen LogP contribution in [0, 0.1) is 0 Å². The van der Waals surface area contributed by atoms with Crippen molar-refractivity contribution in [3.05, 3.63) is 0 Å². The minimum atomic E-state index is -5.85. The summed E-state index contributed by atoms with van der Waals surface area (Å²) in [4.78, 5) is 10.5. The first-order valence-corrected chi connectivity index (χ1v) is 6.03. The third kappa shape index (κ3) is 3.56. The fourth-order valence-corrected chi connectivity index (χ4v) is 2.22. The molecular weight excluding hydrogens is 294 g/mol. The number of carbonyl (C=O) groups is 1. The fraction of sp³-hybridized carbons (Fsp3) is 0.909. The molecule has 0 aromatic rings. The summed E-state index contributed by atoms with van der Waals surface area (Å²) >= 11 is 0. The van der Waals surface area contributed by atoms with Crippen LogP contribution in [0.25, 0.3) is 0 Å². The summed E-state index contributed by atoms with van der Waals surface area (Å²) < 4.78 is 81.6. The number of ether oxygens (including phenoxy) is 1. The molecule has 1 aliphatic rings. The van der Waals surface area contributed by atoms with Gasteiger partial charge >= 0.3 is 18.3 Å². The van der Waals surface area contributed by atoms with Crippen LogP contribution < -0.4 is 0 Å². The second-order valence-electron chi connectivity index (χ2n) is 4.77. The van der Waals surface area contributed by atoms with Gasteiger partial charge in [-0.15, -0.1) is 0 Å². The first-order valence-electron chi connectivity index (χ1n) is 6.03. The van der Waals surface area contributed by atoms with E-state index >= 15 is 0 Å². The first kappa shape index (κ1) is 17.1. The standard InChI is InChI=1S/C11H14F6O3/c12-10(13,14)9(6-8(18)19,11(15,16)17)20-7-4-2-1-3-5-7/h7H,1-6H2,(H,18,19). The Morgan fingerprint density at radius 2 is 1.45 bits per heavy atom. The number of halogens is 6. The Bertz CT molecular complexity index is 329. The maximum Gasteiger partial charge on any atom is 0.427 e. The van der Waals surface area contributed by atoms with Crippen molar-refractivity contribution in [3.8, 4) is 0 Å². The summed E-state index contributed by atoms with van der Waals surface area (Å²) in [5.74, 6) is -2.21. The summed E-state index contributed by atoms with van der Waals surface area (Å²) in [6.07, 6.45) is -13.3. The van der Waals surface area contributed by atoms with Gasteiger partial charge in [0, 0.05) is 0 Å². The molecule has 0 saturated heterocycles. The molecule has 118 valence electrons. The lowest BCUT2D eigenvalue weighted by molar-refractivity contribution is -0.391. The molecule has 1 aliphatic carbocycles. The Kier molecular flexibility index (Phi) is 4.94. The Morgan fingerprint density at radius 1 is 1.00 bits per heavy atom. The predicted molar refractivity (Wildman–Crippen MR) is 55.1 cm³/mol. The lowest BCUT2D eigenvalue weighted by atomic mass is 9.93. The van der Waals surface area contributed by atoms with Crippen molar-refractivity contribution >= 4 is 5.97 Å². The van der Waals surface area contributed by atoms with E-state index in [9.17, 15) is 31.1 Å². The summed E-state index contributed by atoms with van der Waals surface area (Å²) in [7, 11) is 0. The summed E-state index contributed by atoms with van der Waals surface area (Å²) in [5, 5.41) is 8.43. The van der Waals surface area contributed by atoms with Gasteiger partial charge in [-0.2, -0.15) is 26.3 Å². The maximum atomic E-state index is 12.9. The third-order valence-corrected chi connectivity index (χ3v) is 3.24. The molecule has 1 saturated carbocycles. The average molecular weight is 308 g/mol. The van der Waals surface area contributed by atoms with Gasteiger partial charge in [0.1, 0.15) is 0 Å². The van der Waals surface area contributed by atoms with Gasteiger partial charge in [0.2, 0.25) is 0 Å². The predicted octanol–water partition coefficient (Wildman–Crippen LogP) is 3.67. The third-order valence-electron chi connectivity index (χ3n) is 3.24. The van der Waals surface area contributed by atoms with E-state index in [2.05, 4.69) is 4.74 Å². The Balaban J connectivity index is 3.11. The monoisotopic (exact) mass is 308 g/mol. The Morgan fingerprint density at radius 3 is 1.80 bits per heavy atom. The zero-order chi connectivity index (χ0) is 15.6. The molecule has 0 bridgehead atoms. The normalized spacial score (nSPS) is 19.1. The minimum Gasteiger partial charge on any atom is -0.481 e. The maximum absolute atomic E-state index is 12.9. The van der Waals surface area contributed by atoms with Crippen molar-refractivity contribution in [2.75, 3.05) is 0 Å². The lowest BCUT2D eigenvalue weighted by Gasteiger charge is -2.39. The fourth-order valence-electron chi connectivity index (χ4n) is 2.22. The topological polar surface area (TPSA) is 46.5 Å². The Labute approximate surface area is 110 Å². The molecule has 0 radical (unpaired) electrons. The van der Waals surface area contributed by atoms with Gasteiger partial charge < -0.3 is 9.84 Å². The molecule has 0 heterocycles. The molecular formula is C11H14F6O3. The molecule has 1 N–H and O–H groups in total. The second-order valence-corrected chi connectivity index (χ2v) is 4.77. The molecule has 9 heteroatoms. The average Bonchev–Trinajstić information content (AvgIpc) is 2.25. The van der Waals surface area contributed by atoms with Gasteiger partial charge in [0.15, 0.2) is 0 Å². The van der Waals surface area contributed by atoms with Crippen LogP contribution in [0.1, 0.15) is 38.5 Å². The molecule has 0 unspecified atom stereocenters. The van der Waals surface area contributed by atoms with Gasteiger partial charge in [-0.05, 0) is 12.8 Å². The van der Waals surface area contributed by atoms with Crippen molar-refractivity contribution < 1.29 is 41.0 Å². The number of hydrogen-bond donors (Lipinski definition) is 1. The summed E-state index contributed by atoms with van der Waals surface area (Å²) in [5.41, 5.74) is -4.64. The van der Waals surface area contributed by atoms with E-state index in [1.165, 1.54) is 0 Å².